The van der Waals surface area contributed by atoms with E-state index >= 15 is 0 Å². The first-order valence-corrected chi connectivity index (χ1v) is 9.70. The number of halogens is 1. The Kier molecular flexibility index (Phi) is 4.47. The molecular weight excluding hydrogens is 341 g/mol. The van der Waals surface area contributed by atoms with Crippen molar-refractivity contribution < 1.29 is 9.13 Å². The summed E-state index contributed by atoms with van der Waals surface area (Å²) in [6.45, 7) is 10.6. The van der Waals surface area contributed by atoms with Crippen LogP contribution in [0.5, 0.6) is 5.88 Å². The summed E-state index contributed by atoms with van der Waals surface area (Å²) < 4.78 is 19.6. The molecule has 1 saturated heterocycles. The van der Waals surface area contributed by atoms with E-state index in [2.05, 4.69) is 18.7 Å². The van der Waals surface area contributed by atoms with Crippen LogP contribution >= 0.6 is 0 Å². The summed E-state index contributed by atoms with van der Waals surface area (Å²) in [4.78, 5) is 7.20. The van der Waals surface area contributed by atoms with Gasteiger partial charge in [0.05, 0.1) is 5.69 Å². The topological polar surface area (TPSA) is 51.4 Å². The second-order valence-corrected chi connectivity index (χ2v) is 8.77. The zero-order valence-electron chi connectivity index (χ0n) is 16.4. The number of fused-ring (bicyclic) bond motifs is 1. The third-order valence-corrected chi connectivity index (χ3v) is 5.82. The molecule has 1 aliphatic heterocycles. The summed E-state index contributed by atoms with van der Waals surface area (Å²) >= 11 is 0. The van der Waals surface area contributed by atoms with Gasteiger partial charge in [0.2, 0.25) is 5.88 Å². The minimum atomic E-state index is -0.510. The molecule has 1 aromatic heterocycles. The van der Waals surface area contributed by atoms with Crippen LogP contribution in [0, 0.1) is 17.7 Å². The average molecular weight is 369 g/mol. The van der Waals surface area contributed by atoms with Crippen molar-refractivity contribution in [3.8, 4) is 17.1 Å². The van der Waals surface area contributed by atoms with Gasteiger partial charge < -0.3 is 15.4 Å². The molecule has 2 heterocycles. The number of hydrogen-bond acceptors (Lipinski definition) is 4. The molecule has 2 aromatic rings. The van der Waals surface area contributed by atoms with E-state index in [1.807, 2.05) is 26.0 Å². The fourth-order valence-electron chi connectivity index (χ4n) is 3.95. The minimum Gasteiger partial charge on any atom is -0.474 e. The van der Waals surface area contributed by atoms with Crippen LogP contribution in [-0.2, 0) is 5.54 Å². The molecule has 1 aliphatic carbocycles. The first kappa shape index (κ1) is 18.4. The Labute approximate surface area is 160 Å². The molecule has 4 nitrogen and oxygen atoms in total. The van der Waals surface area contributed by atoms with Crippen molar-refractivity contribution in [1.82, 2.24) is 9.88 Å². The third kappa shape index (κ3) is 3.71. The fourth-order valence-corrected chi connectivity index (χ4v) is 3.95. The quantitative estimate of drug-likeness (QED) is 0.871. The number of ether oxygens (including phenoxy) is 1. The van der Waals surface area contributed by atoms with Gasteiger partial charge in [-0.2, -0.15) is 0 Å². The molecule has 1 saturated carbocycles. The van der Waals surface area contributed by atoms with E-state index in [4.69, 9.17) is 15.5 Å². The van der Waals surface area contributed by atoms with Crippen molar-refractivity contribution in [3.63, 3.8) is 0 Å². The molecule has 3 atom stereocenters. The van der Waals surface area contributed by atoms with Gasteiger partial charge in [0, 0.05) is 48.1 Å². The zero-order chi connectivity index (χ0) is 19.3. The number of nitrogens with two attached hydrogens (primary N) is 1. The molecule has 2 unspecified atom stereocenters. The maximum atomic E-state index is 13.3. The van der Waals surface area contributed by atoms with Crippen LogP contribution in [0.2, 0.25) is 0 Å². The van der Waals surface area contributed by atoms with Crippen LogP contribution < -0.4 is 10.5 Å². The molecule has 2 N–H and O–H groups in total. The molecule has 0 amide bonds. The highest BCUT2D eigenvalue weighted by atomic mass is 19.1. The van der Waals surface area contributed by atoms with Gasteiger partial charge in [-0.1, -0.05) is 0 Å². The number of pyridine rings is 1. The van der Waals surface area contributed by atoms with Gasteiger partial charge in [0.25, 0.3) is 0 Å². The van der Waals surface area contributed by atoms with Gasteiger partial charge in [-0.05, 0) is 63.6 Å². The number of likely N-dealkylation sites (tertiary alicyclic amines) is 1. The molecule has 0 radical (unpaired) electrons. The molecular formula is C22H28FN3O. The van der Waals surface area contributed by atoms with Crippen molar-refractivity contribution in [2.24, 2.45) is 17.6 Å². The number of hydrogen-bond donors (Lipinski definition) is 1. The van der Waals surface area contributed by atoms with Crippen molar-refractivity contribution in [3.05, 3.63) is 47.8 Å². The van der Waals surface area contributed by atoms with Gasteiger partial charge in [-0.3, -0.25) is 0 Å². The fraction of sp³-hybridized carbons (Fsp3) is 0.500. The first-order chi connectivity index (χ1) is 12.7. The summed E-state index contributed by atoms with van der Waals surface area (Å²) in [5.74, 6) is 1.54. The summed E-state index contributed by atoms with van der Waals surface area (Å²) in [5.41, 5.74) is 8.40. The highest BCUT2D eigenvalue weighted by Gasteiger charge is 2.58. The van der Waals surface area contributed by atoms with Crippen LogP contribution in [0.25, 0.3) is 11.3 Å². The lowest BCUT2D eigenvalue weighted by atomic mass is 9.95. The van der Waals surface area contributed by atoms with Crippen molar-refractivity contribution in [2.75, 3.05) is 13.1 Å². The van der Waals surface area contributed by atoms with E-state index in [-0.39, 0.29) is 11.9 Å². The van der Waals surface area contributed by atoms with Gasteiger partial charge in [0.1, 0.15) is 11.9 Å². The Bertz CT molecular complexity index is 816. The van der Waals surface area contributed by atoms with Crippen LogP contribution in [0.4, 0.5) is 4.39 Å². The van der Waals surface area contributed by atoms with E-state index < -0.39 is 5.54 Å². The predicted octanol–water partition coefficient (Wildman–Crippen LogP) is 3.80. The molecule has 2 fully saturated rings. The minimum absolute atomic E-state index is 0.240. The molecule has 4 rings (SSSR count). The predicted molar refractivity (Wildman–Crippen MR) is 105 cm³/mol. The third-order valence-electron chi connectivity index (χ3n) is 5.82. The van der Waals surface area contributed by atoms with E-state index in [0.717, 1.165) is 29.9 Å². The maximum absolute atomic E-state index is 13.3. The highest BCUT2D eigenvalue weighted by Crippen LogP contribution is 2.48. The van der Waals surface area contributed by atoms with E-state index in [1.165, 1.54) is 12.1 Å². The molecule has 0 spiro atoms. The Hall–Kier alpha value is -1.98. The lowest BCUT2D eigenvalue weighted by Gasteiger charge is -2.24. The Morgan fingerprint density at radius 2 is 1.78 bits per heavy atom. The number of rotatable bonds is 5. The largest absolute Gasteiger partial charge is 0.474 e. The second kappa shape index (κ2) is 6.57. The standard InChI is InChI=1S/C22H28FN3O/c1-13(2)26-11-17-18(12-26)21(17)27-20-10-15(22(3,4)24)9-19(25-20)14-5-7-16(23)8-6-14/h5-10,13,17-18,21H,11-12,24H2,1-4H3/t17-,18?,21?/m1/s1. The zero-order valence-corrected chi connectivity index (χ0v) is 16.4. The van der Waals surface area contributed by atoms with Crippen LogP contribution in [-0.4, -0.2) is 35.1 Å². The van der Waals surface area contributed by atoms with Crippen molar-refractivity contribution in [1.29, 1.82) is 0 Å². The van der Waals surface area contributed by atoms with Gasteiger partial charge in [-0.15, -0.1) is 0 Å². The average Bonchev–Trinajstić information content (AvgIpc) is 3.03. The molecule has 144 valence electrons. The van der Waals surface area contributed by atoms with E-state index in [0.29, 0.717) is 23.8 Å². The summed E-state index contributed by atoms with van der Waals surface area (Å²) in [6, 6.07) is 10.9. The summed E-state index contributed by atoms with van der Waals surface area (Å²) in [7, 11) is 0. The van der Waals surface area contributed by atoms with Gasteiger partial charge >= 0.3 is 0 Å². The molecule has 5 heteroatoms. The first-order valence-electron chi connectivity index (χ1n) is 9.70. The SMILES string of the molecule is CC(C)N1CC2C(Oc3cc(C(C)(C)N)cc(-c4ccc(F)cc4)n3)[C@@H]2C1. The Morgan fingerprint density at radius 3 is 2.33 bits per heavy atom. The van der Waals surface area contributed by atoms with Crippen molar-refractivity contribution in [2.45, 2.75) is 45.4 Å². The molecule has 27 heavy (non-hydrogen) atoms. The smallest absolute Gasteiger partial charge is 0.214 e. The second-order valence-electron chi connectivity index (χ2n) is 8.77. The maximum Gasteiger partial charge on any atom is 0.214 e. The number of aromatic nitrogens is 1. The van der Waals surface area contributed by atoms with Gasteiger partial charge in [-0.25, -0.2) is 9.37 Å². The monoisotopic (exact) mass is 369 g/mol. The lowest BCUT2D eigenvalue weighted by molar-refractivity contribution is 0.178. The molecule has 2 aliphatic rings. The van der Waals surface area contributed by atoms with E-state index in [1.54, 1.807) is 12.1 Å². The lowest BCUT2D eigenvalue weighted by Crippen LogP contribution is -2.33. The number of piperidine rings is 1. The highest BCUT2D eigenvalue weighted by molar-refractivity contribution is 5.61. The van der Waals surface area contributed by atoms with Gasteiger partial charge in [0.15, 0.2) is 0 Å². The Morgan fingerprint density at radius 1 is 1.15 bits per heavy atom. The summed E-state index contributed by atoms with van der Waals surface area (Å²) in [5, 5.41) is 0. The van der Waals surface area contributed by atoms with Crippen molar-refractivity contribution >= 4 is 0 Å². The molecule has 0 bridgehead atoms. The van der Waals surface area contributed by atoms with Crippen LogP contribution in [0.15, 0.2) is 36.4 Å². The Balaban J connectivity index is 1.58. The van der Waals surface area contributed by atoms with E-state index in [9.17, 15) is 4.39 Å². The number of nitrogens with zero attached hydrogens (tertiary/aromatic N) is 2. The normalized spacial score (nSPS) is 24.9. The number of benzene rings is 1. The molecule has 1 aromatic carbocycles. The summed E-state index contributed by atoms with van der Waals surface area (Å²) in [6.07, 6.45) is 0.240. The van der Waals surface area contributed by atoms with Crippen LogP contribution in [0.3, 0.4) is 0 Å². The van der Waals surface area contributed by atoms with Crippen LogP contribution in [0.1, 0.15) is 33.3 Å².